The van der Waals surface area contributed by atoms with E-state index in [4.69, 9.17) is 4.74 Å². The number of hydrogen-bond acceptors (Lipinski definition) is 4. The molecule has 1 aliphatic carbocycles. The number of benzene rings is 1. The van der Waals surface area contributed by atoms with Crippen LogP contribution in [-0.4, -0.2) is 79.1 Å². The van der Waals surface area contributed by atoms with Crippen LogP contribution in [0.2, 0.25) is 0 Å². The smallest absolute Gasteiger partial charge is 0.225 e. The number of amides is 1. The van der Waals surface area contributed by atoms with Crippen LogP contribution in [0.4, 0.5) is 0 Å². The summed E-state index contributed by atoms with van der Waals surface area (Å²) >= 11 is 0. The predicted octanol–water partition coefficient (Wildman–Crippen LogP) is 2.86. The van der Waals surface area contributed by atoms with Gasteiger partial charge in [0, 0.05) is 57.8 Å². The molecule has 0 radical (unpaired) electrons. The third kappa shape index (κ3) is 5.06. The minimum absolute atomic E-state index is 0.320. The first kappa shape index (κ1) is 19.7. The number of piperidine rings is 1. The lowest BCUT2D eigenvalue weighted by Gasteiger charge is -2.43. The Balaban J connectivity index is 1.18. The summed E-state index contributed by atoms with van der Waals surface area (Å²) in [6, 6.07) is 10.6. The number of nitrogens with zero attached hydrogens (tertiary/aromatic N) is 3. The van der Waals surface area contributed by atoms with Crippen molar-refractivity contribution in [1.29, 1.82) is 0 Å². The molecule has 5 nitrogen and oxygen atoms in total. The Morgan fingerprint density at radius 3 is 2.43 bits per heavy atom. The second kappa shape index (κ2) is 9.75. The van der Waals surface area contributed by atoms with Crippen molar-refractivity contribution in [2.24, 2.45) is 5.92 Å². The summed E-state index contributed by atoms with van der Waals surface area (Å²) in [4.78, 5) is 20.1. The first-order valence-electron chi connectivity index (χ1n) is 11.2. The van der Waals surface area contributed by atoms with E-state index < -0.39 is 0 Å². The molecule has 154 valence electrons. The van der Waals surface area contributed by atoms with Crippen LogP contribution >= 0.6 is 0 Å². The fraction of sp³-hybridized carbons (Fsp3) is 0.696. The standard InChI is InChI=1S/C23H35N3O2/c27-23(20-7-4-5-8-20)26-12-6-9-21(19-26)25-15-13-24(14-16-25)17-18-28-22-10-2-1-3-11-22/h1-3,10-11,20-21H,4-9,12-19H2. The van der Waals surface area contributed by atoms with Crippen molar-refractivity contribution in [3.63, 3.8) is 0 Å². The van der Waals surface area contributed by atoms with E-state index in [1.807, 2.05) is 30.3 Å². The van der Waals surface area contributed by atoms with Crippen molar-refractivity contribution in [3.8, 4) is 5.75 Å². The largest absolute Gasteiger partial charge is 0.492 e. The summed E-state index contributed by atoms with van der Waals surface area (Å²) < 4.78 is 5.84. The highest BCUT2D eigenvalue weighted by molar-refractivity contribution is 5.79. The van der Waals surface area contributed by atoms with Crippen molar-refractivity contribution in [3.05, 3.63) is 30.3 Å². The van der Waals surface area contributed by atoms with E-state index in [2.05, 4.69) is 14.7 Å². The molecule has 28 heavy (non-hydrogen) atoms. The molecule has 1 aromatic rings. The Morgan fingerprint density at radius 1 is 0.929 bits per heavy atom. The van der Waals surface area contributed by atoms with Crippen molar-refractivity contribution in [1.82, 2.24) is 14.7 Å². The van der Waals surface area contributed by atoms with Gasteiger partial charge in [0.2, 0.25) is 5.91 Å². The molecular formula is C23H35N3O2. The molecule has 0 aromatic heterocycles. The molecule has 0 N–H and O–H groups in total. The van der Waals surface area contributed by atoms with Gasteiger partial charge >= 0.3 is 0 Å². The molecule has 0 spiro atoms. The SMILES string of the molecule is O=C(C1CCCC1)N1CCCC(N2CCN(CCOc3ccccc3)CC2)C1. The summed E-state index contributed by atoms with van der Waals surface area (Å²) in [5.74, 6) is 1.72. The number of para-hydroxylation sites is 1. The van der Waals surface area contributed by atoms with Crippen molar-refractivity contribution >= 4 is 5.91 Å². The lowest BCUT2D eigenvalue weighted by molar-refractivity contribution is -0.137. The molecule has 1 atom stereocenters. The average molecular weight is 386 g/mol. The summed E-state index contributed by atoms with van der Waals surface area (Å²) in [6.07, 6.45) is 7.11. The summed E-state index contributed by atoms with van der Waals surface area (Å²) in [5.41, 5.74) is 0. The highest BCUT2D eigenvalue weighted by atomic mass is 16.5. The first-order valence-corrected chi connectivity index (χ1v) is 11.2. The Bertz CT molecular complexity index is 610. The van der Waals surface area contributed by atoms with Gasteiger partial charge in [0.1, 0.15) is 12.4 Å². The number of carbonyl (C=O) groups is 1. The predicted molar refractivity (Wildman–Crippen MR) is 112 cm³/mol. The minimum atomic E-state index is 0.320. The molecule has 3 fully saturated rings. The molecule has 5 heteroatoms. The van der Waals surface area contributed by atoms with E-state index in [0.29, 0.717) is 17.9 Å². The molecule has 2 aliphatic heterocycles. The summed E-state index contributed by atoms with van der Waals surface area (Å²) in [7, 11) is 0. The van der Waals surface area contributed by atoms with E-state index >= 15 is 0 Å². The monoisotopic (exact) mass is 385 g/mol. The second-order valence-electron chi connectivity index (χ2n) is 8.60. The van der Waals surface area contributed by atoms with Crippen LogP contribution in [0.15, 0.2) is 30.3 Å². The van der Waals surface area contributed by atoms with Crippen molar-refractivity contribution < 1.29 is 9.53 Å². The highest BCUT2D eigenvalue weighted by Crippen LogP contribution is 2.28. The van der Waals surface area contributed by atoms with Crippen molar-refractivity contribution in [2.45, 2.75) is 44.6 Å². The Morgan fingerprint density at radius 2 is 1.68 bits per heavy atom. The Hall–Kier alpha value is -1.59. The molecule has 1 amide bonds. The zero-order valence-electron chi connectivity index (χ0n) is 17.1. The van der Waals surface area contributed by atoms with Crippen LogP contribution in [0.1, 0.15) is 38.5 Å². The Kier molecular flexibility index (Phi) is 6.86. The van der Waals surface area contributed by atoms with Gasteiger partial charge in [-0.3, -0.25) is 14.6 Å². The van der Waals surface area contributed by atoms with Gasteiger partial charge in [-0.25, -0.2) is 0 Å². The molecule has 2 heterocycles. The van der Waals surface area contributed by atoms with Gasteiger partial charge in [0.15, 0.2) is 0 Å². The molecule has 4 rings (SSSR count). The number of rotatable bonds is 6. The van der Waals surface area contributed by atoms with Crippen LogP contribution in [-0.2, 0) is 4.79 Å². The van der Waals surface area contributed by atoms with E-state index in [1.54, 1.807) is 0 Å². The van der Waals surface area contributed by atoms with Crippen LogP contribution in [0.5, 0.6) is 5.75 Å². The summed E-state index contributed by atoms with van der Waals surface area (Å²) in [5, 5.41) is 0. The van der Waals surface area contributed by atoms with Gasteiger partial charge in [-0.1, -0.05) is 31.0 Å². The van der Waals surface area contributed by atoms with Crippen LogP contribution in [0.3, 0.4) is 0 Å². The van der Waals surface area contributed by atoms with E-state index in [0.717, 1.165) is 77.4 Å². The van der Waals surface area contributed by atoms with Crippen LogP contribution in [0, 0.1) is 5.92 Å². The van der Waals surface area contributed by atoms with Crippen LogP contribution < -0.4 is 4.74 Å². The third-order valence-electron chi connectivity index (χ3n) is 6.76. The van der Waals surface area contributed by atoms with Crippen LogP contribution in [0.25, 0.3) is 0 Å². The van der Waals surface area contributed by atoms with Gasteiger partial charge in [-0.2, -0.15) is 0 Å². The maximum absolute atomic E-state index is 12.8. The lowest BCUT2D eigenvalue weighted by Crippen LogP contribution is -2.56. The molecular weight excluding hydrogens is 350 g/mol. The molecule has 2 saturated heterocycles. The van der Waals surface area contributed by atoms with E-state index in [-0.39, 0.29) is 0 Å². The number of carbonyl (C=O) groups excluding carboxylic acids is 1. The van der Waals surface area contributed by atoms with Gasteiger partial charge < -0.3 is 9.64 Å². The number of hydrogen-bond donors (Lipinski definition) is 0. The molecule has 1 aromatic carbocycles. The zero-order valence-corrected chi connectivity index (χ0v) is 17.1. The topological polar surface area (TPSA) is 36.0 Å². The van der Waals surface area contributed by atoms with Gasteiger partial charge in [0.05, 0.1) is 0 Å². The van der Waals surface area contributed by atoms with E-state index in [9.17, 15) is 4.79 Å². The fourth-order valence-corrected chi connectivity index (χ4v) is 5.05. The maximum atomic E-state index is 12.8. The molecule has 1 unspecified atom stereocenters. The second-order valence-corrected chi connectivity index (χ2v) is 8.60. The molecule has 3 aliphatic rings. The summed E-state index contributed by atoms with van der Waals surface area (Å²) in [6.45, 7) is 8.09. The van der Waals surface area contributed by atoms with Gasteiger partial charge in [-0.05, 0) is 37.8 Å². The average Bonchev–Trinajstić information content (AvgIpc) is 3.30. The number of ether oxygens (including phenoxy) is 1. The quantitative estimate of drug-likeness (QED) is 0.754. The number of likely N-dealkylation sites (tertiary alicyclic amines) is 1. The Labute approximate surface area is 169 Å². The van der Waals surface area contributed by atoms with Crippen molar-refractivity contribution in [2.75, 3.05) is 52.4 Å². The highest BCUT2D eigenvalue weighted by Gasteiger charge is 2.33. The van der Waals surface area contributed by atoms with Gasteiger partial charge in [0.25, 0.3) is 0 Å². The first-order chi connectivity index (χ1) is 13.8. The van der Waals surface area contributed by atoms with E-state index in [1.165, 1.54) is 19.3 Å². The molecule has 0 bridgehead atoms. The fourth-order valence-electron chi connectivity index (χ4n) is 5.05. The number of piperazine rings is 1. The third-order valence-corrected chi connectivity index (χ3v) is 6.76. The zero-order chi connectivity index (χ0) is 19.2. The molecule has 1 saturated carbocycles. The lowest BCUT2D eigenvalue weighted by atomic mass is 10.00. The minimum Gasteiger partial charge on any atom is -0.492 e. The maximum Gasteiger partial charge on any atom is 0.225 e. The normalized spacial score (nSPS) is 25.1. The van der Waals surface area contributed by atoms with Gasteiger partial charge in [-0.15, -0.1) is 0 Å².